The molecule has 27 heavy (non-hydrogen) atoms. The van der Waals surface area contributed by atoms with E-state index in [9.17, 15) is 14.4 Å². The SMILES string of the molecule is COc1ccccc1CNC(=O)COC(=O)c1c(NC(C)=O)sc(C)c1C. The number of hydrogen-bond acceptors (Lipinski definition) is 6. The normalized spacial score (nSPS) is 10.2. The van der Waals surface area contributed by atoms with Gasteiger partial charge >= 0.3 is 5.97 Å². The number of carbonyl (C=O) groups excluding carboxylic acids is 3. The lowest BCUT2D eigenvalue weighted by molar-refractivity contribution is -0.124. The molecule has 7 nitrogen and oxygen atoms in total. The number of para-hydroxylation sites is 1. The quantitative estimate of drug-likeness (QED) is 0.709. The summed E-state index contributed by atoms with van der Waals surface area (Å²) in [6.07, 6.45) is 0. The van der Waals surface area contributed by atoms with Gasteiger partial charge in [0.1, 0.15) is 10.8 Å². The van der Waals surface area contributed by atoms with Crippen LogP contribution < -0.4 is 15.4 Å². The second kappa shape index (κ2) is 9.18. The van der Waals surface area contributed by atoms with Crippen LogP contribution in [0.2, 0.25) is 0 Å². The second-order valence-electron chi connectivity index (χ2n) is 5.83. The number of hydrogen-bond donors (Lipinski definition) is 2. The van der Waals surface area contributed by atoms with E-state index in [1.165, 1.54) is 18.3 Å². The van der Waals surface area contributed by atoms with E-state index in [1.54, 1.807) is 20.1 Å². The van der Waals surface area contributed by atoms with E-state index >= 15 is 0 Å². The summed E-state index contributed by atoms with van der Waals surface area (Å²) in [5.74, 6) is -0.688. The minimum absolute atomic E-state index is 0.258. The van der Waals surface area contributed by atoms with Crippen LogP contribution in [0.4, 0.5) is 5.00 Å². The van der Waals surface area contributed by atoms with Crippen LogP contribution >= 0.6 is 11.3 Å². The summed E-state index contributed by atoms with van der Waals surface area (Å²) in [5, 5.41) is 5.74. The smallest absolute Gasteiger partial charge is 0.341 e. The molecule has 0 aliphatic heterocycles. The number of methoxy groups -OCH3 is 1. The molecule has 0 saturated heterocycles. The third-order valence-corrected chi connectivity index (χ3v) is 5.00. The van der Waals surface area contributed by atoms with E-state index in [0.29, 0.717) is 10.8 Å². The van der Waals surface area contributed by atoms with Gasteiger partial charge in [0.2, 0.25) is 5.91 Å². The monoisotopic (exact) mass is 390 g/mol. The molecule has 0 spiro atoms. The van der Waals surface area contributed by atoms with Gasteiger partial charge in [-0.15, -0.1) is 11.3 Å². The zero-order valence-corrected chi connectivity index (χ0v) is 16.5. The Kier molecular flexibility index (Phi) is 6.95. The molecule has 2 rings (SSSR count). The Hall–Kier alpha value is -2.87. The summed E-state index contributed by atoms with van der Waals surface area (Å²) in [7, 11) is 1.56. The number of benzene rings is 1. The fourth-order valence-electron chi connectivity index (χ4n) is 2.42. The predicted octanol–water partition coefficient (Wildman–Crippen LogP) is 2.81. The first kappa shape index (κ1) is 20.4. The maximum absolute atomic E-state index is 12.4. The summed E-state index contributed by atoms with van der Waals surface area (Å²) >= 11 is 1.30. The summed E-state index contributed by atoms with van der Waals surface area (Å²) in [6, 6.07) is 7.31. The molecule has 0 unspecified atom stereocenters. The maximum Gasteiger partial charge on any atom is 0.341 e. The fourth-order valence-corrected chi connectivity index (χ4v) is 3.51. The summed E-state index contributed by atoms with van der Waals surface area (Å²) in [4.78, 5) is 36.6. The van der Waals surface area contributed by atoms with Crippen LogP contribution in [0, 0.1) is 13.8 Å². The van der Waals surface area contributed by atoms with Gasteiger partial charge in [-0.1, -0.05) is 18.2 Å². The van der Waals surface area contributed by atoms with Crippen LogP contribution in [-0.4, -0.2) is 31.5 Å². The number of amides is 2. The highest BCUT2D eigenvalue weighted by Crippen LogP contribution is 2.32. The van der Waals surface area contributed by atoms with Crippen molar-refractivity contribution in [1.82, 2.24) is 5.32 Å². The third-order valence-electron chi connectivity index (χ3n) is 3.88. The summed E-state index contributed by atoms with van der Waals surface area (Å²) in [5.41, 5.74) is 1.82. The molecule has 2 aromatic rings. The van der Waals surface area contributed by atoms with Gasteiger partial charge in [-0.25, -0.2) is 4.79 Å². The Balaban J connectivity index is 1.95. The molecule has 0 atom stereocenters. The minimum Gasteiger partial charge on any atom is -0.496 e. The van der Waals surface area contributed by atoms with Crippen molar-refractivity contribution in [2.24, 2.45) is 0 Å². The number of nitrogens with one attached hydrogen (secondary N) is 2. The van der Waals surface area contributed by atoms with Gasteiger partial charge in [0.15, 0.2) is 6.61 Å². The molecule has 1 heterocycles. The molecule has 144 valence electrons. The Bertz CT molecular complexity index is 860. The topological polar surface area (TPSA) is 93.7 Å². The first-order chi connectivity index (χ1) is 12.8. The molecular formula is C19H22N2O5S. The summed E-state index contributed by atoms with van der Waals surface area (Å²) in [6.45, 7) is 4.83. The summed E-state index contributed by atoms with van der Waals surface area (Å²) < 4.78 is 10.3. The van der Waals surface area contributed by atoms with Crippen LogP contribution in [0.25, 0.3) is 0 Å². The predicted molar refractivity (Wildman–Crippen MR) is 103 cm³/mol. The van der Waals surface area contributed by atoms with Crippen LogP contribution in [0.5, 0.6) is 5.75 Å². The number of esters is 1. The highest BCUT2D eigenvalue weighted by molar-refractivity contribution is 7.16. The zero-order valence-electron chi connectivity index (χ0n) is 15.7. The van der Waals surface area contributed by atoms with Crippen molar-refractivity contribution in [2.75, 3.05) is 19.0 Å². The average molecular weight is 390 g/mol. The molecule has 0 radical (unpaired) electrons. The van der Waals surface area contributed by atoms with Crippen molar-refractivity contribution in [1.29, 1.82) is 0 Å². The van der Waals surface area contributed by atoms with E-state index < -0.39 is 18.5 Å². The highest BCUT2D eigenvalue weighted by Gasteiger charge is 2.22. The van der Waals surface area contributed by atoms with E-state index in [-0.39, 0.29) is 18.0 Å². The lowest BCUT2D eigenvalue weighted by Gasteiger charge is -2.10. The molecule has 0 fully saturated rings. The van der Waals surface area contributed by atoms with Gasteiger partial charge in [0.25, 0.3) is 5.91 Å². The average Bonchev–Trinajstić information content (AvgIpc) is 2.91. The Morgan fingerprint density at radius 3 is 2.52 bits per heavy atom. The Morgan fingerprint density at radius 2 is 1.85 bits per heavy atom. The van der Waals surface area contributed by atoms with Crippen molar-refractivity contribution < 1.29 is 23.9 Å². The van der Waals surface area contributed by atoms with E-state index in [1.807, 2.05) is 25.1 Å². The molecule has 2 N–H and O–H groups in total. The molecule has 0 aliphatic rings. The molecule has 1 aromatic heterocycles. The molecule has 1 aromatic carbocycles. The van der Waals surface area contributed by atoms with Crippen molar-refractivity contribution in [3.63, 3.8) is 0 Å². The van der Waals surface area contributed by atoms with Crippen LogP contribution in [-0.2, 0) is 20.9 Å². The van der Waals surface area contributed by atoms with E-state index in [4.69, 9.17) is 9.47 Å². The lowest BCUT2D eigenvalue weighted by atomic mass is 10.1. The van der Waals surface area contributed by atoms with Gasteiger partial charge in [-0.2, -0.15) is 0 Å². The number of aryl methyl sites for hydroxylation is 1. The molecule has 8 heteroatoms. The maximum atomic E-state index is 12.4. The van der Waals surface area contributed by atoms with Crippen molar-refractivity contribution in [3.05, 3.63) is 45.8 Å². The van der Waals surface area contributed by atoms with Crippen molar-refractivity contribution >= 4 is 34.1 Å². The minimum atomic E-state index is -0.645. The lowest BCUT2D eigenvalue weighted by Crippen LogP contribution is -2.28. The molecule has 0 aliphatic carbocycles. The largest absolute Gasteiger partial charge is 0.496 e. The fraction of sp³-hybridized carbons (Fsp3) is 0.316. The molecule has 0 bridgehead atoms. The first-order valence-electron chi connectivity index (χ1n) is 8.26. The van der Waals surface area contributed by atoms with Gasteiger partial charge in [0.05, 0.1) is 12.7 Å². The van der Waals surface area contributed by atoms with Crippen LogP contribution in [0.3, 0.4) is 0 Å². The Morgan fingerprint density at radius 1 is 1.15 bits per heavy atom. The first-order valence-corrected chi connectivity index (χ1v) is 9.08. The number of carbonyl (C=O) groups is 3. The standard InChI is InChI=1S/C19H22N2O5S/c1-11-12(2)27-18(21-13(3)22)17(11)19(24)26-10-16(23)20-9-14-7-5-6-8-15(14)25-4/h5-8H,9-10H2,1-4H3,(H,20,23)(H,21,22). The van der Waals surface area contributed by atoms with Crippen molar-refractivity contribution in [2.45, 2.75) is 27.3 Å². The number of thiophene rings is 1. The second-order valence-corrected chi connectivity index (χ2v) is 7.06. The highest BCUT2D eigenvalue weighted by atomic mass is 32.1. The van der Waals surface area contributed by atoms with Crippen molar-refractivity contribution in [3.8, 4) is 5.75 Å². The van der Waals surface area contributed by atoms with Gasteiger partial charge in [-0.05, 0) is 25.5 Å². The Labute approximate surface area is 161 Å². The zero-order chi connectivity index (χ0) is 20.0. The van der Waals surface area contributed by atoms with Gasteiger partial charge in [-0.3, -0.25) is 9.59 Å². The molecule has 0 saturated carbocycles. The molecule has 2 amide bonds. The molecular weight excluding hydrogens is 368 g/mol. The number of anilines is 1. The van der Waals surface area contributed by atoms with Gasteiger partial charge < -0.3 is 20.1 Å². The van der Waals surface area contributed by atoms with Gasteiger partial charge in [0, 0.05) is 23.9 Å². The van der Waals surface area contributed by atoms with E-state index in [0.717, 1.165) is 16.0 Å². The van der Waals surface area contributed by atoms with E-state index in [2.05, 4.69) is 10.6 Å². The number of rotatable bonds is 7. The van der Waals surface area contributed by atoms with Crippen LogP contribution in [0.15, 0.2) is 24.3 Å². The third kappa shape index (κ3) is 5.30. The van der Waals surface area contributed by atoms with Crippen LogP contribution in [0.1, 0.15) is 33.3 Å². The number of ether oxygens (including phenoxy) is 2.